The quantitative estimate of drug-likeness (QED) is 0.842. The zero-order valence-electron chi connectivity index (χ0n) is 11.6. The third-order valence-electron chi connectivity index (χ3n) is 3.67. The highest BCUT2D eigenvalue weighted by atomic mass is 32.2. The molecule has 0 spiro atoms. The minimum atomic E-state index is -3.36. The second-order valence-corrected chi connectivity index (χ2v) is 8.13. The van der Waals surface area contributed by atoms with E-state index in [-0.39, 0.29) is 5.25 Å². The molecule has 6 nitrogen and oxygen atoms in total. The number of nitrogens with one attached hydrogen (secondary N) is 1. The number of nitrogen functional groups attached to an aromatic ring is 1. The van der Waals surface area contributed by atoms with Crippen LogP contribution < -0.4 is 15.2 Å². The molecule has 1 aliphatic carbocycles. The van der Waals surface area contributed by atoms with E-state index < -0.39 is 10.0 Å². The monoisotopic (exact) mass is 327 g/mol. The smallest absolute Gasteiger partial charge is 0.237 e. The van der Waals surface area contributed by atoms with Gasteiger partial charge in [-0.25, -0.2) is 13.4 Å². The summed E-state index contributed by atoms with van der Waals surface area (Å²) < 4.78 is 33.2. The van der Waals surface area contributed by atoms with Gasteiger partial charge in [-0.15, -0.1) is 0 Å². The van der Waals surface area contributed by atoms with Crippen LogP contribution in [-0.2, 0) is 10.0 Å². The van der Waals surface area contributed by atoms with Gasteiger partial charge in [0.25, 0.3) is 0 Å². The molecule has 0 amide bonds. The number of nitrogens with zero attached hydrogens (tertiary/aromatic N) is 1. The molecule has 1 heterocycles. The Morgan fingerprint density at radius 2 is 2.10 bits per heavy atom. The van der Waals surface area contributed by atoms with Gasteiger partial charge in [0.2, 0.25) is 10.0 Å². The molecule has 1 saturated carbocycles. The van der Waals surface area contributed by atoms with Crippen molar-refractivity contribution in [1.29, 1.82) is 0 Å². The number of rotatable bonds is 4. The maximum absolute atomic E-state index is 12.3. The van der Waals surface area contributed by atoms with E-state index in [1.54, 1.807) is 12.1 Å². The summed E-state index contributed by atoms with van der Waals surface area (Å²) in [6.45, 7) is 0. The van der Waals surface area contributed by atoms with Crippen molar-refractivity contribution in [3.8, 4) is 5.75 Å². The van der Waals surface area contributed by atoms with Crippen LogP contribution in [0.4, 0.5) is 10.8 Å². The van der Waals surface area contributed by atoms with Crippen LogP contribution in [0.3, 0.4) is 0 Å². The van der Waals surface area contributed by atoms with Crippen LogP contribution in [0.1, 0.15) is 25.7 Å². The Bertz CT molecular complexity index is 764. The Morgan fingerprint density at radius 3 is 2.76 bits per heavy atom. The van der Waals surface area contributed by atoms with Crippen LogP contribution in [0.25, 0.3) is 10.2 Å². The van der Waals surface area contributed by atoms with Crippen molar-refractivity contribution in [2.45, 2.75) is 30.9 Å². The van der Waals surface area contributed by atoms with Gasteiger partial charge < -0.3 is 10.5 Å². The molecule has 114 valence electrons. The largest absolute Gasteiger partial charge is 0.494 e. The molecule has 1 fully saturated rings. The van der Waals surface area contributed by atoms with E-state index in [1.165, 1.54) is 18.4 Å². The standard InChI is InChI=1S/C13H17N3O3S2/c1-19-10-6-8(14)7-11-12(10)15-13(20-11)16-21(17,18)9-4-2-3-5-9/h6-7,9H,2-5,14H2,1H3,(H,15,16). The summed E-state index contributed by atoms with van der Waals surface area (Å²) in [6, 6.07) is 3.44. The van der Waals surface area contributed by atoms with E-state index in [4.69, 9.17) is 10.5 Å². The minimum Gasteiger partial charge on any atom is -0.494 e. The molecule has 3 rings (SSSR count). The van der Waals surface area contributed by atoms with Crippen molar-refractivity contribution >= 4 is 42.4 Å². The summed E-state index contributed by atoms with van der Waals surface area (Å²) in [5.74, 6) is 0.549. The van der Waals surface area contributed by atoms with Crippen molar-refractivity contribution in [1.82, 2.24) is 4.98 Å². The number of thiazole rings is 1. The predicted octanol–water partition coefficient (Wildman–Crippen LogP) is 2.57. The first-order valence-corrected chi connectivity index (χ1v) is 9.11. The van der Waals surface area contributed by atoms with Crippen molar-refractivity contribution in [3.05, 3.63) is 12.1 Å². The van der Waals surface area contributed by atoms with E-state index in [2.05, 4.69) is 9.71 Å². The molecular weight excluding hydrogens is 310 g/mol. The third kappa shape index (κ3) is 2.77. The van der Waals surface area contributed by atoms with E-state index in [0.717, 1.165) is 30.4 Å². The Morgan fingerprint density at radius 1 is 1.38 bits per heavy atom. The number of hydrogen-bond donors (Lipinski definition) is 2. The van der Waals surface area contributed by atoms with Crippen LogP contribution in [0, 0.1) is 0 Å². The number of benzene rings is 1. The van der Waals surface area contributed by atoms with E-state index in [9.17, 15) is 8.42 Å². The summed E-state index contributed by atoms with van der Waals surface area (Å²) in [5, 5.41) is 0.0530. The molecule has 1 aliphatic rings. The van der Waals surface area contributed by atoms with Gasteiger partial charge in [0.1, 0.15) is 11.3 Å². The van der Waals surface area contributed by atoms with E-state index in [0.29, 0.717) is 22.1 Å². The summed E-state index contributed by atoms with van der Waals surface area (Å²) in [4.78, 5) is 4.33. The van der Waals surface area contributed by atoms with Crippen molar-refractivity contribution in [2.75, 3.05) is 17.6 Å². The van der Waals surface area contributed by atoms with Gasteiger partial charge >= 0.3 is 0 Å². The molecule has 8 heteroatoms. The van der Waals surface area contributed by atoms with Crippen molar-refractivity contribution < 1.29 is 13.2 Å². The van der Waals surface area contributed by atoms with Gasteiger partial charge in [0, 0.05) is 11.8 Å². The van der Waals surface area contributed by atoms with Gasteiger partial charge in [-0.05, 0) is 18.9 Å². The lowest BCUT2D eigenvalue weighted by Crippen LogP contribution is -2.25. The van der Waals surface area contributed by atoms with Gasteiger partial charge in [0.05, 0.1) is 17.1 Å². The second kappa shape index (κ2) is 5.34. The van der Waals surface area contributed by atoms with Crippen molar-refractivity contribution in [2.24, 2.45) is 0 Å². The fraction of sp³-hybridized carbons (Fsp3) is 0.462. The maximum Gasteiger partial charge on any atom is 0.237 e. The maximum atomic E-state index is 12.3. The Labute approximate surface area is 127 Å². The summed E-state index contributed by atoms with van der Waals surface area (Å²) in [6.07, 6.45) is 3.37. The van der Waals surface area contributed by atoms with Crippen LogP contribution in [0.2, 0.25) is 0 Å². The second-order valence-electron chi connectivity index (χ2n) is 5.14. The van der Waals surface area contributed by atoms with Gasteiger partial charge in [0.15, 0.2) is 5.13 Å². The first-order valence-electron chi connectivity index (χ1n) is 6.75. The molecule has 1 aromatic carbocycles. The lowest BCUT2D eigenvalue weighted by molar-refractivity contribution is 0.419. The molecule has 2 aromatic rings. The van der Waals surface area contributed by atoms with Gasteiger partial charge in [-0.1, -0.05) is 24.2 Å². The number of ether oxygens (including phenoxy) is 1. The molecule has 0 unspecified atom stereocenters. The Hall–Kier alpha value is -1.54. The predicted molar refractivity (Wildman–Crippen MR) is 85.4 cm³/mol. The highest BCUT2D eigenvalue weighted by Gasteiger charge is 2.29. The van der Waals surface area contributed by atoms with Crippen LogP contribution in [0.5, 0.6) is 5.75 Å². The SMILES string of the molecule is COc1cc(N)cc2sc(NS(=O)(=O)C3CCCC3)nc12. The van der Waals surface area contributed by atoms with E-state index >= 15 is 0 Å². The summed E-state index contributed by atoms with van der Waals surface area (Å²) in [5.41, 5.74) is 6.99. The fourth-order valence-corrected chi connectivity index (χ4v) is 5.33. The molecule has 0 atom stereocenters. The number of nitrogens with two attached hydrogens (primary N) is 1. The molecule has 0 bridgehead atoms. The van der Waals surface area contributed by atoms with Crippen LogP contribution >= 0.6 is 11.3 Å². The lowest BCUT2D eigenvalue weighted by Gasteiger charge is -2.10. The fourth-order valence-electron chi connectivity index (χ4n) is 2.62. The molecule has 3 N–H and O–H groups in total. The Kier molecular flexibility index (Phi) is 3.66. The number of methoxy groups -OCH3 is 1. The summed E-state index contributed by atoms with van der Waals surface area (Å²) >= 11 is 1.27. The van der Waals surface area contributed by atoms with Crippen LogP contribution in [-0.4, -0.2) is 25.8 Å². The van der Waals surface area contributed by atoms with Crippen molar-refractivity contribution in [3.63, 3.8) is 0 Å². The lowest BCUT2D eigenvalue weighted by atomic mass is 10.3. The highest BCUT2D eigenvalue weighted by Crippen LogP contribution is 2.35. The summed E-state index contributed by atoms with van der Waals surface area (Å²) in [7, 11) is -1.83. The van der Waals surface area contributed by atoms with E-state index in [1.807, 2.05) is 0 Å². The minimum absolute atomic E-state index is 0.309. The number of fused-ring (bicyclic) bond motifs is 1. The highest BCUT2D eigenvalue weighted by molar-refractivity contribution is 7.93. The average Bonchev–Trinajstić information content (AvgIpc) is 3.05. The van der Waals surface area contributed by atoms with Gasteiger partial charge in [-0.3, -0.25) is 4.72 Å². The topological polar surface area (TPSA) is 94.3 Å². The molecule has 0 radical (unpaired) electrons. The molecule has 0 aliphatic heterocycles. The average molecular weight is 327 g/mol. The third-order valence-corrected chi connectivity index (χ3v) is 6.55. The normalized spacial score (nSPS) is 16.4. The number of hydrogen-bond acceptors (Lipinski definition) is 6. The molecular formula is C13H17N3O3S2. The van der Waals surface area contributed by atoms with Gasteiger partial charge in [-0.2, -0.15) is 0 Å². The zero-order valence-corrected chi connectivity index (χ0v) is 13.3. The zero-order chi connectivity index (χ0) is 15.0. The molecule has 0 saturated heterocycles. The number of sulfonamides is 1. The first-order chi connectivity index (χ1) is 9.99. The number of anilines is 2. The first kappa shape index (κ1) is 14.4. The Balaban J connectivity index is 1.94. The molecule has 1 aromatic heterocycles. The molecule has 21 heavy (non-hydrogen) atoms. The number of aromatic nitrogens is 1. The van der Waals surface area contributed by atoms with Crippen LogP contribution in [0.15, 0.2) is 12.1 Å².